The van der Waals surface area contributed by atoms with Crippen LogP contribution in [0.2, 0.25) is 0 Å². The number of hydrazone groups is 1. The number of benzene rings is 3. The molecule has 0 spiro atoms. The van der Waals surface area contributed by atoms with Gasteiger partial charge in [-0.05, 0) is 42.0 Å². The van der Waals surface area contributed by atoms with Crippen LogP contribution < -0.4 is 24.0 Å². The van der Waals surface area contributed by atoms with Crippen LogP contribution in [0, 0.1) is 10.1 Å². The molecule has 0 unspecified atom stereocenters. The maximum absolute atomic E-state index is 13.4. The lowest BCUT2D eigenvalue weighted by atomic mass is 10.2. The molecule has 0 aliphatic carbocycles. The second-order valence-corrected chi connectivity index (χ2v) is 8.88. The van der Waals surface area contributed by atoms with Gasteiger partial charge in [-0.15, -0.1) is 0 Å². The Morgan fingerprint density at radius 2 is 1.72 bits per heavy atom. The van der Waals surface area contributed by atoms with Crippen LogP contribution in [0.3, 0.4) is 0 Å². The summed E-state index contributed by atoms with van der Waals surface area (Å²) in [6.07, 6.45) is 4.22. The second kappa shape index (κ2) is 12.0. The van der Waals surface area contributed by atoms with Crippen LogP contribution >= 0.6 is 11.3 Å². The molecule has 0 fully saturated rings. The first-order chi connectivity index (χ1) is 18.9. The minimum Gasteiger partial charge on any atom is -0.497 e. The Kier molecular flexibility index (Phi) is 8.37. The lowest BCUT2D eigenvalue weighted by molar-refractivity contribution is -0.384. The first kappa shape index (κ1) is 27.1. The number of nitro groups is 1. The number of hydrogen-bond acceptors (Lipinski definition) is 10. The van der Waals surface area contributed by atoms with E-state index >= 15 is 0 Å². The fourth-order valence-electron chi connectivity index (χ4n) is 3.59. The highest BCUT2D eigenvalue weighted by molar-refractivity contribution is 7.22. The van der Waals surface area contributed by atoms with Gasteiger partial charge in [-0.25, -0.2) is 4.98 Å². The van der Waals surface area contributed by atoms with Crippen LogP contribution in [-0.2, 0) is 4.79 Å². The third-order valence-corrected chi connectivity index (χ3v) is 6.48. The van der Waals surface area contributed by atoms with Gasteiger partial charge in [-0.1, -0.05) is 23.5 Å². The van der Waals surface area contributed by atoms with E-state index in [-0.39, 0.29) is 5.69 Å². The fourth-order valence-corrected chi connectivity index (χ4v) is 4.55. The maximum Gasteiger partial charge on any atom is 0.273 e. The van der Waals surface area contributed by atoms with E-state index < -0.39 is 10.8 Å². The average Bonchev–Trinajstić information content (AvgIpc) is 3.38. The predicted molar refractivity (Wildman–Crippen MR) is 149 cm³/mol. The van der Waals surface area contributed by atoms with E-state index in [0.717, 1.165) is 9.71 Å². The normalized spacial score (nSPS) is 11.2. The number of nitrogens with zero attached hydrogens (tertiary/aromatic N) is 4. The van der Waals surface area contributed by atoms with Crippen molar-refractivity contribution in [3.8, 4) is 23.0 Å². The van der Waals surface area contributed by atoms with Crippen LogP contribution in [0.25, 0.3) is 16.3 Å². The molecule has 0 aliphatic rings. The number of rotatable bonds is 10. The highest BCUT2D eigenvalue weighted by Crippen LogP contribution is 2.38. The Labute approximate surface area is 227 Å². The lowest BCUT2D eigenvalue weighted by Crippen LogP contribution is -2.23. The van der Waals surface area contributed by atoms with Gasteiger partial charge in [0.05, 0.1) is 49.8 Å². The maximum atomic E-state index is 13.4. The van der Waals surface area contributed by atoms with Crippen LogP contribution in [0.15, 0.2) is 65.8 Å². The number of carbonyl (C=O) groups is 1. The summed E-state index contributed by atoms with van der Waals surface area (Å²) in [6, 6.07) is 14.7. The molecule has 4 rings (SSSR count). The van der Waals surface area contributed by atoms with Gasteiger partial charge in [-0.3, -0.25) is 14.9 Å². The summed E-state index contributed by atoms with van der Waals surface area (Å²) >= 11 is 1.26. The number of methoxy groups -OCH3 is 4. The molecule has 3 aromatic carbocycles. The number of ether oxygens (including phenoxy) is 4. The SMILES string of the molecule is COc1ccc2nc(N(/N=C/c3cc(OC)c(OC)c(OC)c3)C(=O)/C=C/c3cccc([N+](=O)[O-])c3)sc2c1. The van der Waals surface area contributed by atoms with Crippen molar-refractivity contribution in [1.82, 2.24) is 4.98 Å². The van der Waals surface area contributed by atoms with Gasteiger partial charge in [0.25, 0.3) is 11.6 Å². The highest BCUT2D eigenvalue weighted by Gasteiger charge is 2.19. The highest BCUT2D eigenvalue weighted by atomic mass is 32.1. The zero-order chi connectivity index (χ0) is 27.9. The molecule has 1 heterocycles. The number of non-ortho nitro benzene ring substituents is 1. The molecule has 0 atom stereocenters. The monoisotopic (exact) mass is 548 g/mol. The third-order valence-electron chi connectivity index (χ3n) is 5.48. The zero-order valence-electron chi connectivity index (χ0n) is 21.5. The number of nitro benzene ring substituents is 1. The molecule has 0 bridgehead atoms. The second-order valence-electron chi connectivity index (χ2n) is 7.87. The number of amides is 1. The van der Waals surface area contributed by atoms with Gasteiger partial charge in [0.1, 0.15) is 5.75 Å². The van der Waals surface area contributed by atoms with Crippen molar-refractivity contribution in [2.24, 2.45) is 5.10 Å². The first-order valence-electron chi connectivity index (χ1n) is 11.4. The van der Waals surface area contributed by atoms with Crippen molar-refractivity contribution < 1.29 is 28.7 Å². The Morgan fingerprint density at radius 3 is 2.36 bits per heavy atom. The topological polar surface area (TPSA) is 126 Å². The van der Waals surface area contributed by atoms with Crippen molar-refractivity contribution in [1.29, 1.82) is 0 Å². The molecule has 0 saturated heterocycles. The number of carbonyl (C=O) groups excluding carboxylic acids is 1. The van der Waals surface area contributed by atoms with E-state index in [1.807, 2.05) is 6.07 Å². The minimum atomic E-state index is -0.517. The van der Waals surface area contributed by atoms with Gasteiger partial charge in [0, 0.05) is 23.8 Å². The number of aromatic nitrogens is 1. The Morgan fingerprint density at radius 1 is 0.974 bits per heavy atom. The van der Waals surface area contributed by atoms with Crippen molar-refractivity contribution in [2.75, 3.05) is 33.4 Å². The van der Waals surface area contributed by atoms with E-state index in [9.17, 15) is 14.9 Å². The summed E-state index contributed by atoms with van der Waals surface area (Å²) < 4.78 is 22.3. The Hall–Kier alpha value is -4.97. The van der Waals surface area contributed by atoms with Crippen molar-refractivity contribution in [3.63, 3.8) is 0 Å². The lowest BCUT2D eigenvalue weighted by Gasteiger charge is -2.14. The largest absolute Gasteiger partial charge is 0.497 e. The van der Waals surface area contributed by atoms with E-state index in [1.54, 1.807) is 43.5 Å². The van der Waals surface area contributed by atoms with Gasteiger partial charge in [0.2, 0.25) is 10.9 Å². The van der Waals surface area contributed by atoms with Crippen molar-refractivity contribution in [3.05, 3.63) is 81.9 Å². The zero-order valence-corrected chi connectivity index (χ0v) is 22.3. The minimum absolute atomic E-state index is 0.0815. The predicted octanol–water partition coefficient (Wildman–Crippen LogP) is 5.32. The molecule has 200 valence electrons. The molecule has 39 heavy (non-hydrogen) atoms. The van der Waals surface area contributed by atoms with Gasteiger partial charge >= 0.3 is 0 Å². The molecule has 1 amide bonds. The van der Waals surface area contributed by atoms with E-state index in [2.05, 4.69) is 10.1 Å². The Bertz CT molecular complexity index is 1560. The van der Waals surface area contributed by atoms with Crippen LogP contribution in [0.5, 0.6) is 23.0 Å². The molecular formula is C27H24N4O7S. The van der Waals surface area contributed by atoms with Gasteiger partial charge in [0.15, 0.2) is 11.5 Å². The average molecular weight is 549 g/mol. The first-order valence-corrected chi connectivity index (χ1v) is 12.2. The van der Waals surface area contributed by atoms with Crippen LogP contribution in [0.1, 0.15) is 11.1 Å². The Balaban J connectivity index is 1.73. The standard InChI is InChI=1S/C27H24N4O7S/c1-35-20-9-10-21-24(15-20)39-27(29-21)30(25(32)11-8-17-6-5-7-19(12-17)31(33)34)28-16-18-13-22(36-2)26(38-4)23(14-18)37-3/h5-16H,1-4H3/b11-8+,28-16+. The molecule has 0 saturated carbocycles. The molecular weight excluding hydrogens is 524 g/mol. The number of fused-ring (bicyclic) bond motifs is 1. The van der Waals surface area contributed by atoms with E-state index in [4.69, 9.17) is 18.9 Å². The smallest absolute Gasteiger partial charge is 0.273 e. The quantitative estimate of drug-likeness (QED) is 0.113. The molecule has 4 aromatic rings. The summed E-state index contributed by atoms with van der Waals surface area (Å²) in [6.45, 7) is 0. The third kappa shape index (κ3) is 6.13. The van der Waals surface area contributed by atoms with Crippen molar-refractivity contribution >= 4 is 50.6 Å². The van der Waals surface area contributed by atoms with Crippen molar-refractivity contribution in [2.45, 2.75) is 0 Å². The van der Waals surface area contributed by atoms with E-state index in [1.165, 1.54) is 63.2 Å². The number of thiazole rings is 1. The van der Waals surface area contributed by atoms with Gasteiger partial charge in [-0.2, -0.15) is 10.1 Å². The summed E-state index contributed by atoms with van der Waals surface area (Å²) in [7, 11) is 6.08. The molecule has 11 nitrogen and oxygen atoms in total. The molecule has 0 radical (unpaired) electrons. The number of hydrogen-bond donors (Lipinski definition) is 0. The molecule has 1 aromatic heterocycles. The number of anilines is 1. The summed E-state index contributed by atoms with van der Waals surface area (Å²) in [5.41, 5.74) is 1.65. The summed E-state index contributed by atoms with van der Waals surface area (Å²) in [5, 5.41) is 17.0. The molecule has 0 N–H and O–H groups in total. The van der Waals surface area contributed by atoms with Crippen LogP contribution in [-0.4, -0.2) is 50.5 Å². The molecule has 0 aliphatic heterocycles. The van der Waals surface area contributed by atoms with Crippen LogP contribution in [0.4, 0.5) is 10.8 Å². The summed E-state index contributed by atoms with van der Waals surface area (Å²) in [5.74, 6) is 1.41. The fraction of sp³-hybridized carbons (Fsp3) is 0.148. The molecule has 12 heteroatoms. The van der Waals surface area contributed by atoms with Gasteiger partial charge < -0.3 is 18.9 Å². The van der Waals surface area contributed by atoms with E-state index in [0.29, 0.717) is 44.8 Å². The summed E-state index contributed by atoms with van der Waals surface area (Å²) in [4.78, 5) is 28.6.